The van der Waals surface area contributed by atoms with Crippen LogP contribution >= 0.6 is 0 Å². The summed E-state index contributed by atoms with van der Waals surface area (Å²) in [6, 6.07) is 0. The van der Waals surface area contributed by atoms with Crippen LogP contribution in [0.2, 0.25) is 78.6 Å². The minimum absolute atomic E-state index is 0.225. The third-order valence-electron chi connectivity index (χ3n) is 12.3. The predicted octanol–water partition coefficient (Wildman–Crippen LogP) is 10.8. The summed E-state index contributed by atoms with van der Waals surface area (Å²) < 4.78 is 27.8. The summed E-state index contributed by atoms with van der Waals surface area (Å²) in [5.74, 6) is 4.17. The molecule has 0 aromatic heterocycles. The van der Waals surface area contributed by atoms with E-state index in [-0.39, 0.29) is 5.41 Å². The van der Waals surface area contributed by atoms with Crippen molar-refractivity contribution >= 4 is 33.3 Å². The summed E-state index contributed by atoms with van der Waals surface area (Å²) in [5, 5.41) is 0. The molecule has 8 heteroatoms. The molecule has 0 N–H and O–H groups in total. The van der Waals surface area contributed by atoms with Crippen LogP contribution in [0.5, 0.6) is 0 Å². The van der Waals surface area contributed by atoms with Gasteiger partial charge in [-0.15, -0.1) is 0 Å². The van der Waals surface area contributed by atoms with Crippen molar-refractivity contribution < 1.29 is 17.7 Å². The fourth-order valence-corrected chi connectivity index (χ4v) is 15.2. The van der Waals surface area contributed by atoms with Gasteiger partial charge in [-0.25, -0.2) is 0 Å². The van der Waals surface area contributed by atoms with Crippen LogP contribution in [0.1, 0.15) is 78.6 Å². The molecule has 0 radical (unpaired) electrons. The fraction of sp³-hybridized carbons (Fsp3) is 1.00. The maximum atomic E-state index is 7.41. The first-order chi connectivity index (χ1) is 19.9. The van der Waals surface area contributed by atoms with Gasteiger partial charge in [-0.2, -0.15) is 0 Å². The van der Waals surface area contributed by atoms with Gasteiger partial charge in [0.2, 0.25) is 0 Å². The summed E-state index contributed by atoms with van der Waals surface area (Å²) in [6.45, 7) is 37.5. The Bertz CT molecular complexity index is 965. The smallest absolute Gasteiger partial charge is 0.184 e. The van der Waals surface area contributed by atoms with Crippen molar-refractivity contribution in [1.82, 2.24) is 0 Å². The van der Waals surface area contributed by atoms with Crippen LogP contribution in [0, 0.1) is 46.3 Å². The van der Waals surface area contributed by atoms with E-state index in [2.05, 4.69) is 99.3 Å². The van der Waals surface area contributed by atoms with E-state index in [9.17, 15) is 0 Å². The van der Waals surface area contributed by atoms with E-state index in [0.29, 0.717) is 53.3 Å². The van der Waals surface area contributed by atoms with Crippen molar-refractivity contribution in [2.24, 2.45) is 46.3 Å². The van der Waals surface area contributed by atoms with Gasteiger partial charge >= 0.3 is 0 Å². The molecule has 0 aromatic rings. The van der Waals surface area contributed by atoms with Crippen molar-refractivity contribution in [2.45, 2.75) is 175 Å². The Balaban J connectivity index is 1.67. The van der Waals surface area contributed by atoms with Gasteiger partial charge in [0.1, 0.15) is 0 Å². The third-order valence-corrected chi connectivity index (χ3v) is 16.4. The zero-order valence-corrected chi connectivity index (χ0v) is 35.9. The molecule has 4 aliphatic carbocycles. The SMILES string of the molecule is CC(CCCO[Si](C)(C)C)C1CCC2C3C(C[C@H](O[Si](C)(C)C)C12C)C1(C)CC[C@@H](O[Si](C)(C)C)C[C@H]1C[C@H]3O[Si](C)(C)C. The lowest BCUT2D eigenvalue weighted by atomic mass is 9.43. The second-order valence-corrected chi connectivity index (χ2v) is 38.1. The van der Waals surface area contributed by atoms with Crippen LogP contribution in [0.15, 0.2) is 0 Å². The lowest BCUT2D eigenvalue weighted by molar-refractivity contribution is -0.199. The molecular weight excluding hydrogens is 609 g/mol. The molecule has 0 saturated heterocycles. The summed E-state index contributed by atoms with van der Waals surface area (Å²) in [4.78, 5) is 0. The molecule has 44 heavy (non-hydrogen) atoms. The van der Waals surface area contributed by atoms with E-state index in [1.54, 1.807) is 0 Å². The predicted molar refractivity (Wildman–Crippen MR) is 198 cm³/mol. The van der Waals surface area contributed by atoms with Crippen molar-refractivity contribution in [3.63, 3.8) is 0 Å². The summed E-state index contributed by atoms with van der Waals surface area (Å²) in [6.07, 6.45) is 12.7. The Hall–Kier alpha value is 0.708. The largest absolute Gasteiger partial charge is 0.418 e. The Labute approximate surface area is 278 Å². The zero-order chi connectivity index (χ0) is 33.1. The van der Waals surface area contributed by atoms with Gasteiger partial charge in [-0.3, -0.25) is 0 Å². The Morgan fingerprint density at radius 1 is 0.682 bits per heavy atom. The second-order valence-electron chi connectivity index (χ2n) is 20.2. The first-order valence-corrected chi connectivity index (χ1v) is 32.2. The van der Waals surface area contributed by atoms with E-state index in [4.69, 9.17) is 17.7 Å². The van der Waals surface area contributed by atoms with Crippen LogP contribution in [0.3, 0.4) is 0 Å². The first-order valence-electron chi connectivity index (χ1n) is 18.6. The maximum Gasteiger partial charge on any atom is 0.184 e. The normalized spacial score (nSPS) is 40.7. The average molecular weight is 683 g/mol. The highest BCUT2D eigenvalue weighted by Gasteiger charge is 2.67. The van der Waals surface area contributed by atoms with Gasteiger partial charge in [0.25, 0.3) is 0 Å². The lowest BCUT2D eigenvalue weighted by Crippen LogP contribution is -2.64. The summed E-state index contributed by atoms with van der Waals surface area (Å²) in [7, 11) is -6.48. The molecule has 258 valence electrons. The van der Waals surface area contributed by atoms with Gasteiger partial charge in [0, 0.05) is 18.8 Å². The summed E-state index contributed by atoms with van der Waals surface area (Å²) >= 11 is 0. The van der Waals surface area contributed by atoms with Crippen LogP contribution < -0.4 is 0 Å². The topological polar surface area (TPSA) is 36.9 Å². The van der Waals surface area contributed by atoms with Gasteiger partial charge < -0.3 is 17.7 Å². The highest BCUT2D eigenvalue weighted by Crippen LogP contribution is 2.69. The molecule has 4 fully saturated rings. The fourth-order valence-electron chi connectivity index (χ4n) is 10.8. The standard InChI is InChI=1S/C36H74O4Si4/c1-26(17-16-22-37-41(4,5)6)29-18-19-30-34-31(25-33(36(29,30)3)40-44(13,14)15)35(2)21-20-28(38-42(7,8)9)23-27(35)24-32(34)39-43(10,11)12/h26-34H,16-25H2,1-15H3/t26?,27-,28+,29?,30?,31?,32+,33-,34?,35?,36?/m0/s1. The van der Waals surface area contributed by atoms with Crippen molar-refractivity contribution in [3.05, 3.63) is 0 Å². The van der Waals surface area contributed by atoms with Crippen molar-refractivity contribution in [3.8, 4) is 0 Å². The monoisotopic (exact) mass is 682 g/mol. The second kappa shape index (κ2) is 13.2. The lowest BCUT2D eigenvalue weighted by Gasteiger charge is -2.66. The minimum Gasteiger partial charge on any atom is -0.418 e. The van der Waals surface area contributed by atoms with Crippen LogP contribution in [-0.4, -0.2) is 58.2 Å². The Morgan fingerprint density at radius 2 is 1.30 bits per heavy atom. The van der Waals surface area contributed by atoms with Crippen LogP contribution in [0.4, 0.5) is 0 Å². The van der Waals surface area contributed by atoms with E-state index in [0.717, 1.165) is 12.5 Å². The molecule has 0 aromatic carbocycles. The molecule has 0 spiro atoms. The maximum absolute atomic E-state index is 7.41. The third kappa shape index (κ3) is 8.64. The highest BCUT2D eigenvalue weighted by atomic mass is 28.4. The number of fused-ring (bicyclic) bond motifs is 5. The number of rotatable bonds is 12. The number of hydrogen-bond acceptors (Lipinski definition) is 4. The van der Waals surface area contributed by atoms with Gasteiger partial charge in [-0.05, 0) is 183 Å². The number of hydrogen-bond donors (Lipinski definition) is 0. The molecule has 11 atom stereocenters. The van der Waals surface area contributed by atoms with E-state index in [1.165, 1.54) is 57.8 Å². The highest BCUT2D eigenvalue weighted by molar-refractivity contribution is 6.70. The van der Waals surface area contributed by atoms with Gasteiger partial charge in [-0.1, -0.05) is 20.8 Å². The molecule has 7 unspecified atom stereocenters. The van der Waals surface area contributed by atoms with Crippen molar-refractivity contribution in [2.75, 3.05) is 6.61 Å². The van der Waals surface area contributed by atoms with E-state index >= 15 is 0 Å². The molecule has 0 amide bonds. The summed E-state index contributed by atoms with van der Waals surface area (Å²) in [5.41, 5.74) is 0.590. The van der Waals surface area contributed by atoms with E-state index in [1.807, 2.05) is 0 Å². The van der Waals surface area contributed by atoms with Gasteiger partial charge in [0.05, 0.1) is 6.10 Å². The van der Waals surface area contributed by atoms with Crippen LogP contribution in [0.25, 0.3) is 0 Å². The molecular formula is C36H74O4Si4. The average Bonchev–Trinajstić information content (AvgIpc) is 3.18. The molecule has 4 nitrogen and oxygen atoms in total. The molecule has 4 rings (SSSR count). The Kier molecular flexibility index (Phi) is 11.3. The minimum atomic E-state index is -1.74. The molecule has 0 heterocycles. The van der Waals surface area contributed by atoms with Crippen LogP contribution in [-0.2, 0) is 17.7 Å². The molecule has 0 bridgehead atoms. The quantitative estimate of drug-likeness (QED) is 0.152. The Morgan fingerprint density at radius 3 is 1.86 bits per heavy atom. The molecule has 0 aliphatic heterocycles. The zero-order valence-electron chi connectivity index (χ0n) is 31.9. The molecule has 4 saturated carbocycles. The van der Waals surface area contributed by atoms with E-state index < -0.39 is 33.3 Å². The first kappa shape index (κ1) is 37.5. The van der Waals surface area contributed by atoms with Crippen molar-refractivity contribution in [1.29, 1.82) is 0 Å². The van der Waals surface area contributed by atoms with Gasteiger partial charge in [0.15, 0.2) is 33.3 Å². The molecule has 4 aliphatic rings.